The van der Waals surface area contributed by atoms with Gasteiger partial charge in [-0.15, -0.1) is 0 Å². The molecule has 0 bridgehead atoms. The molecule has 0 atom stereocenters. The van der Waals surface area contributed by atoms with Gasteiger partial charge in [0.1, 0.15) is 0 Å². The first-order valence-electron chi connectivity index (χ1n) is 4.19. The van der Waals surface area contributed by atoms with Gasteiger partial charge in [0, 0.05) is 12.8 Å². The van der Waals surface area contributed by atoms with Crippen LogP contribution in [0.3, 0.4) is 0 Å². The van der Waals surface area contributed by atoms with E-state index in [0.29, 0.717) is 24.6 Å². The van der Waals surface area contributed by atoms with Crippen LogP contribution in [0.15, 0.2) is 4.52 Å². The van der Waals surface area contributed by atoms with E-state index < -0.39 is 5.97 Å². The Hall–Kier alpha value is -1.39. The molecule has 1 aromatic heterocycles. The van der Waals surface area contributed by atoms with Gasteiger partial charge in [-0.1, -0.05) is 5.16 Å². The highest BCUT2D eigenvalue weighted by Gasteiger charge is 2.02. The van der Waals surface area contributed by atoms with Crippen molar-refractivity contribution >= 4 is 5.97 Å². The normalized spacial score (nSPS) is 10.2. The molecule has 0 saturated heterocycles. The molecule has 1 aromatic rings. The van der Waals surface area contributed by atoms with Crippen molar-refractivity contribution in [1.82, 2.24) is 10.1 Å². The maximum atomic E-state index is 10.2. The van der Waals surface area contributed by atoms with Crippen LogP contribution < -0.4 is 0 Å². The van der Waals surface area contributed by atoms with E-state index in [2.05, 4.69) is 10.1 Å². The number of carbonyl (C=O) groups is 1. The zero-order valence-electron chi connectivity index (χ0n) is 7.49. The van der Waals surface area contributed by atoms with E-state index in [9.17, 15) is 4.79 Å². The number of hydrogen-bond acceptors (Lipinski definition) is 4. The standard InChI is InChI=1S/C8H12N2O3/c1-6-9-7(13-10-6)4-2-3-5-8(11)12/h2-5H2,1H3,(H,11,12). The first-order valence-corrected chi connectivity index (χ1v) is 4.19. The third-order valence-electron chi connectivity index (χ3n) is 1.60. The van der Waals surface area contributed by atoms with Crippen LogP contribution in [-0.2, 0) is 11.2 Å². The Labute approximate surface area is 75.8 Å². The molecule has 0 saturated carbocycles. The average molecular weight is 184 g/mol. The minimum Gasteiger partial charge on any atom is -0.481 e. The van der Waals surface area contributed by atoms with Crippen molar-refractivity contribution in [3.8, 4) is 0 Å². The summed E-state index contributed by atoms with van der Waals surface area (Å²) in [5.74, 6) is 0.442. The second-order valence-corrected chi connectivity index (χ2v) is 2.84. The highest BCUT2D eigenvalue weighted by atomic mass is 16.5. The van der Waals surface area contributed by atoms with E-state index in [-0.39, 0.29) is 6.42 Å². The summed E-state index contributed by atoms with van der Waals surface area (Å²) in [6.07, 6.45) is 2.28. The Kier molecular flexibility index (Phi) is 3.42. The van der Waals surface area contributed by atoms with Crippen LogP contribution in [0.4, 0.5) is 0 Å². The number of aliphatic carboxylic acids is 1. The first-order chi connectivity index (χ1) is 6.18. The molecular formula is C8H12N2O3. The van der Waals surface area contributed by atoms with Gasteiger partial charge in [0.05, 0.1) is 0 Å². The van der Waals surface area contributed by atoms with Crippen LogP contribution in [0.2, 0.25) is 0 Å². The van der Waals surface area contributed by atoms with Crippen LogP contribution in [0.5, 0.6) is 0 Å². The molecule has 0 aliphatic heterocycles. The predicted octanol–water partition coefficient (Wildman–Crippen LogP) is 1.18. The summed E-state index contributed by atoms with van der Waals surface area (Å²) >= 11 is 0. The third-order valence-corrected chi connectivity index (χ3v) is 1.60. The number of aryl methyl sites for hydroxylation is 2. The van der Waals surface area contributed by atoms with Crippen LogP contribution in [0, 0.1) is 6.92 Å². The van der Waals surface area contributed by atoms with Crippen LogP contribution in [0.1, 0.15) is 31.0 Å². The molecule has 1 heterocycles. The average Bonchev–Trinajstić information content (AvgIpc) is 2.45. The SMILES string of the molecule is Cc1noc(CCCCC(=O)O)n1. The van der Waals surface area contributed by atoms with Crippen LogP contribution >= 0.6 is 0 Å². The van der Waals surface area contributed by atoms with Crippen molar-refractivity contribution < 1.29 is 14.4 Å². The van der Waals surface area contributed by atoms with Gasteiger partial charge >= 0.3 is 5.97 Å². The van der Waals surface area contributed by atoms with Gasteiger partial charge in [-0.05, 0) is 19.8 Å². The lowest BCUT2D eigenvalue weighted by Crippen LogP contribution is -1.95. The Bertz CT molecular complexity index is 283. The van der Waals surface area contributed by atoms with Crippen molar-refractivity contribution in [2.45, 2.75) is 32.6 Å². The molecule has 0 aromatic carbocycles. The lowest BCUT2D eigenvalue weighted by molar-refractivity contribution is -0.137. The van der Waals surface area contributed by atoms with Crippen molar-refractivity contribution in [2.75, 3.05) is 0 Å². The topological polar surface area (TPSA) is 76.2 Å². The summed E-state index contributed by atoms with van der Waals surface area (Å²) in [4.78, 5) is 14.2. The van der Waals surface area contributed by atoms with E-state index in [1.54, 1.807) is 6.92 Å². The molecule has 0 aliphatic rings. The molecule has 0 amide bonds. The lowest BCUT2D eigenvalue weighted by Gasteiger charge is -1.92. The minimum atomic E-state index is -0.762. The fourth-order valence-corrected chi connectivity index (χ4v) is 0.994. The number of carboxylic acids is 1. The van der Waals surface area contributed by atoms with E-state index in [1.807, 2.05) is 0 Å². The Morgan fingerprint density at radius 3 is 2.85 bits per heavy atom. The minimum absolute atomic E-state index is 0.202. The van der Waals surface area contributed by atoms with Gasteiger partial charge in [-0.25, -0.2) is 0 Å². The molecule has 1 N–H and O–H groups in total. The van der Waals surface area contributed by atoms with Gasteiger partial charge in [-0.2, -0.15) is 4.98 Å². The molecule has 5 heteroatoms. The number of nitrogens with zero attached hydrogens (tertiary/aromatic N) is 2. The summed E-state index contributed by atoms with van der Waals surface area (Å²) in [5.41, 5.74) is 0. The number of unbranched alkanes of at least 4 members (excludes halogenated alkanes) is 1. The molecule has 0 aliphatic carbocycles. The Morgan fingerprint density at radius 2 is 2.31 bits per heavy atom. The number of aromatic nitrogens is 2. The van der Waals surface area contributed by atoms with E-state index in [0.717, 1.165) is 6.42 Å². The monoisotopic (exact) mass is 184 g/mol. The highest BCUT2D eigenvalue weighted by molar-refractivity contribution is 5.66. The Morgan fingerprint density at radius 1 is 1.54 bits per heavy atom. The fraction of sp³-hybridized carbons (Fsp3) is 0.625. The maximum Gasteiger partial charge on any atom is 0.303 e. The summed E-state index contributed by atoms with van der Waals surface area (Å²) in [6.45, 7) is 1.75. The molecule has 0 unspecified atom stereocenters. The fourth-order valence-electron chi connectivity index (χ4n) is 0.994. The zero-order chi connectivity index (χ0) is 9.68. The second kappa shape index (κ2) is 4.59. The summed E-state index contributed by atoms with van der Waals surface area (Å²) in [7, 11) is 0. The zero-order valence-corrected chi connectivity index (χ0v) is 7.49. The molecule has 1 rings (SSSR count). The smallest absolute Gasteiger partial charge is 0.303 e. The largest absolute Gasteiger partial charge is 0.481 e. The summed E-state index contributed by atoms with van der Waals surface area (Å²) in [6, 6.07) is 0. The first kappa shape index (κ1) is 9.70. The lowest BCUT2D eigenvalue weighted by atomic mass is 10.2. The van der Waals surface area contributed by atoms with Gasteiger partial charge in [-0.3, -0.25) is 4.79 Å². The molecular weight excluding hydrogens is 172 g/mol. The van der Waals surface area contributed by atoms with E-state index in [1.165, 1.54) is 0 Å². The summed E-state index contributed by atoms with van der Waals surface area (Å²) in [5, 5.41) is 12.0. The van der Waals surface area contributed by atoms with Gasteiger partial charge in [0.25, 0.3) is 0 Å². The molecule has 0 fully saturated rings. The molecule has 5 nitrogen and oxygen atoms in total. The van der Waals surface area contributed by atoms with Crippen molar-refractivity contribution in [3.63, 3.8) is 0 Å². The molecule has 72 valence electrons. The second-order valence-electron chi connectivity index (χ2n) is 2.84. The van der Waals surface area contributed by atoms with Crippen molar-refractivity contribution in [3.05, 3.63) is 11.7 Å². The number of rotatable bonds is 5. The highest BCUT2D eigenvalue weighted by Crippen LogP contribution is 2.04. The van der Waals surface area contributed by atoms with Gasteiger partial charge < -0.3 is 9.63 Å². The van der Waals surface area contributed by atoms with E-state index in [4.69, 9.17) is 9.63 Å². The van der Waals surface area contributed by atoms with Crippen LogP contribution in [0.25, 0.3) is 0 Å². The number of hydrogen-bond donors (Lipinski definition) is 1. The predicted molar refractivity (Wildman–Crippen MR) is 44.2 cm³/mol. The Balaban J connectivity index is 2.16. The van der Waals surface area contributed by atoms with Crippen molar-refractivity contribution in [2.24, 2.45) is 0 Å². The van der Waals surface area contributed by atoms with Gasteiger partial charge in [0.2, 0.25) is 5.89 Å². The molecule has 0 radical (unpaired) electrons. The van der Waals surface area contributed by atoms with Crippen LogP contribution in [-0.4, -0.2) is 21.2 Å². The summed E-state index contributed by atoms with van der Waals surface area (Å²) < 4.78 is 4.86. The van der Waals surface area contributed by atoms with Gasteiger partial charge in [0.15, 0.2) is 5.82 Å². The molecule has 13 heavy (non-hydrogen) atoms. The maximum absolute atomic E-state index is 10.2. The quantitative estimate of drug-likeness (QED) is 0.695. The number of carboxylic acid groups (broad SMARTS) is 1. The molecule has 0 spiro atoms. The van der Waals surface area contributed by atoms with E-state index >= 15 is 0 Å². The van der Waals surface area contributed by atoms with Crippen molar-refractivity contribution in [1.29, 1.82) is 0 Å². The third kappa shape index (κ3) is 3.68.